The second kappa shape index (κ2) is 6.34. The first kappa shape index (κ1) is 13.6. The summed E-state index contributed by atoms with van der Waals surface area (Å²) in [7, 11) is 1.63. The van der Waals surface area contributed by atoms with Crippen LogP contribution >= 0.6 is 11.8 Å². The van der Waals surface area contributed by atoms with Crippen molar-refractivity contribution < 1.29 is 14.6 Å². The number of methoxy groups -OCH3 is 1. The fourth-order valence-corrected chi connectivity index (χ4v) is 3.17. The van der Waals surface area contributed by atoms with E-state index in [1.807, 2.05) is 30.0 Å². The van der Waals surface area contributed by atoms with Crippen LogP contribution in [0.5, 0.6) is 11.5 Å². The van der Waals surface area contributed by atoms with Gasteiger partial charge in [-0.25, -0.2) is 0 Å². The molecule has 18 heavy (non-hydrogen) atoms. The Morgan fingerprint density at radius 2 is 2.06 bits per heavy atom. The summed E-state index contributed by atoms with van der Waals surface area (Å²) < 4.78 is 11.4. The Morgan fingerprint density at radius 1 is 1.33 bits per heavy atom. The van der Waals surface area contributed by atoms with Crippen molar-refractivity contribution in [1.82, 2.24) is 0 Å². The van der Waals surface area contributed by atoms with E-state index in [4.69, 9.17) is 9.47 Å². The molecule has 1 unspecified atom stereocenters. The average Bonchev–Trinajstić information content (AvgIpc) is 2.40. The smallest absolute Gasteiger partial charge is 0.167 e. The Bertz CT molecular complexity index is 387. The molecule has 1 atom stereocenters. The normalized spacial score (nSPS) is 18.4. The Hall–Kier alpha value is -0.870. The maximum Gasteiger partial charge on any atom is 0.167 e. The van der Waals surface area contributed by atoms with Gasteiger partial charge in [0.05, 0.1) is 13.2 Å². The van der Waals surface area contributed by atoms with Gasteiger partial charge >= 0.3 is 0 Å². The standard InChI is InChI=1S/C14H20O3S/c1-10(15)12-4-3-5-13(16-2)14(12)17-11-6-8-18-9-7-11/h3-5,10-11,15H,6-9H2,1-2H3. The van der Waals surface area contributed by atoms with Crippen molar-refractivity contribution in [2.24, 2.45) is 0 Å². The fraction of sp³-hybridized carbons (Fsp3) is 0.571. The van der Waals surface area contributed by atoms with Gasteiger partial charge in [0.15, 0.2) is 11.5 Å². The Morgan fingerprint density at radius 3 is 2.67 bits per heavy atom. The molecule has 0 aliphatic carbocycles. The minimum absolute atomic E-state index is 0.236. The molecule has 1 aromatic carbocycles. The van der Waals surface area contributed by atoms with E-state index in [9.17, 15) is 5.11 Å². The zero-order valence-corrected chi connectivity index (χ0v) is 11.7. The summed E-state index contributed by atoms with van der Waals surface area (Å²) >= 11 is 1.97. The number of thioether (sulfide) groups is 1. The van der Waals surface area contributed by atoms with Crippen molar-refractivity contribution in [3.05, 3.63) is 23.8 Å². The lowest BCUT2D eigenvalue weighted by molar-refractivity contribution is 0.160. The highest BCUT2D eigenvalue weighted by Crippen LogP contribution is 2.36. The molecule has 0 amide bonds. The summed E-state index contributed by atoms with van der Waals surface area (Å²) in [5, 5.41) is 9.81. The molecule has 1 heterocycles. The zero-order chi connectivity index (χ0) is 13.0. The van der Waals surface area contributed by atoms with Crippen LogP contribution in [-0.2, 0) is 0 Å². The van der Waals surface area contributed by atoms with Crippen molar-refractivity contribution in [3.8, 4) is 11.5 Å². The Kier molecular flexibility index (Phi) is 4.78. The predicted octanol–water partition coefficient (Wildman–Crippen LogP) is 3.02. The average molecular weight is 268 g/mol. The Balaban J connectivity index is 2.22. The van der Waals surface area contributed by atoms with Crippen LogP contribution < -0.4 is 9.47 Å². The molecule has 0 radical (unpaired) electrons. The molecule has 1 aliphatic heterocycles. The highest BCUT2D eigenvalue weighted by atomic mass is 32.2. The molecule has 2 rings (SSSR count). The third kappa shape index (κ3) is 3.12. The van der Waals surface area contributed by atoms with Crippen LogP contribution in [0.4, 0.5) is 0 Å². The highest BCUT2D eigenvalue weighted by Gasteiger charge is 2.20. The highest BCUT2D eigenvalue weighted by molar-refractivity contribution is 7.99. The van der Waals surface area contributed by atoms with Crippen LogP contribution in [0.15, 0.2) is 18.2 Å². The largest absolute Gasteiger partial charge is 0.493 e. The SMILES string of the molecule is COc1cccc(C(C)O)c1OC1CCSCC1. The summed E-state index contributed by atoms with van der Waals surface area (Å²) in [6.45, 7) is 1.75. The van der Waals surface area contributed by atoms with Gasteiger partial charge in [0.2, 0.25) is 0 Å². The number of ether oxygens (including phenoxy) is 2. The lowest BCUT2D eigenvalue weighted by Gasteiger charge is -2.25. The molecule has 1 saturated heterocycles. The lowest BCUT2D eigenvalue weighted by atomic mass is 10.1. The van der Waals surface area contributed by atoms with Crippen LogP contribution in [0.3, 0.4) is 0 Å². The van der Waals surface area contributed by atoms with E-state index in [0.29, 0.717) is 11.5 Å². The van der Waals surface area contributed by atoms with Crippen LogP contribution in [0.2, 0.25) is 0 Å². The number of hydrogen-bond donors (Lipinski definition) is 1. The van der Waals surface area contributed by atoms with Gasteiger partial charge in [0.25, 0.3) is 0 Å². The van der Waals surface area contributed by atoms with E-state index in [1.165, 1.54) is 0 Å². The first-order chi connectivity index (χ1) is 8.72. The van der Waals surface area contributed by atoms with Crippen molar-refractivity contribution in [3.63, 3.8) is 0 Å². The van der Waals surface area contributed by atoms with E-state index < -0.39 is 6.10 Å². The van der Waals surface area contributed by atoms with Gasteiger partial charge < -0.3 is 14.6 Å². The predicted molar refractivity (Wildman–Crippen MR) is 74.6 cm³/mol. The summed E-state index contributed by atoms with van der Waals surface area (Å²) in [6, 6.07) is 5.64. The van der Waals surface area contributed by atoms with E-state index in [0.717, 1.165) is 29.9 Å². The number of para-hydroxylation sites is 1. The van der Waals surface area contributed by atoms with Crippen molar-refractivity contribution in [2.75, 3.05) is 18.6 Å². The molecule has 4 heteroatoms. The molecule has 1 aliphatic rings. The summed E-state index contributed by atoms with van der Waals surface area (Å²) in [5.41, 5.74) is 0.799. The third-order valence-electron chi connectivity index (χ3n) is 3.13. The van der Waals surface area contributed by atoms with E-state index in [1.54, 1.807) is 14.0 Å². The molecular formula is C14H20O3S. The molecule has 1 N–H and O–H groups in total. The minimum Gasteiger partial charge on any atom is -0.493 e. The number of benzene rings is 1. The second-order valence-corrected chi connectivity index (χ2v) is 5.71. The molecule has 0 aromatic heterocycles. The summed E-state index contributed by atoms with van der Waals surface area (Å²) in [6.07, 6.45) is 1.80. The molecule has 3 nitrogen and oxygen atoms in total. The first-order valence-electron chi connectivity index (χ1n) is 6.31. The molecular weight excluding hydrogens is 248 g/mol. The minimum atomic E-state index is -0.548. The maximum atomic E-state index is 9.81. The summed E-state index contributed by atoms with van der Waals surface area (Å²) in [4.78, 5) is 0. The second-order valence-electron chi connectivity index (χ2n) is 4.48. The molecule has 0 bridgehead atoms. The van der Waals surface area contributed by atoms with Crippen molar-refractivity contribution in [2.45, 2.75) is 32.0 Å². The van der Waals surface area contributed by atoms with E-state index in [2.05, 4.69) is 0 Å². The fourth-order valence-electron chi connectivity index (χ4n) is 2.11. The number of aliphatic hydroxyl groups is 1. The van der Waals surface area contributed by atoms with E-state index in [-0.39, 0.29) is 6.10 Å². The lowest BCUT2D eigenvalue weighted by Crippen LogP contribution is -2.23. The van der Waals surface area contributed by atoms with Gasteiger partial charge in [-0.1, -0.05) is 12.1 Å². The molecule has 100 valence electrons. The number of rotatable bonds is 4. The van der Waals surface area contributed by atoms with Gasteiger partial charge in [-0.2, -0.15) is 11.8 Å². The van der Waals surface area contributed by atoms with Gasteiger partial charge in [-0.05, 0) is 37.3 Å². The van der Waals surface area contributed by atoms with Crippen LogP contribution in [0.25, 0.3) is 0 Å². The van der Waals surface area contributed by atoms with Gasteiger partial charge in [-0.15, -0.1) is 0 Å². The molecule has 0 spiro atoms. The number of hydrogen-bond acceptors (Lipinski definition) is 4. The topological polar surface area (TPSA) is 38.7 Å². The third-order valence-corrected chi connectivity index (χ3v) is 4.18. The summed E-state index contributed by atoms with van der Waals surface area (Å²) in [5.74, 6) is 3.69. The van der Waals surface area contributed by atoms with Crippen LogP contribution in [0.1, 0.15) is 31.4 Å². The zero-order valence-electron chi connectivity index (χ0n) is 10.9. The van der Waals surface area contributed by atoms with Gasteiger partial charge in [0.1, 0.15) is 6.10 Å². The van der Waals surface area contributed by atoms with E-state index >= 15 is 0 Å². The quantitative estimate of drug-likeness (QED) is 0.911. The monoisotopic (exact) mass is 268 g/mol. The maximum absolute atomic E-state index is 9.81. The molecule has 1 aromatic rings. The van der Waals surface area contributed by atoms with Gasteiger partial charge in [0, 0.05) is 5.56 Å². The number of aliphatic hydroxyl groups excluding tert-OH is 1. The molecule has 0 saturated carbocycles. The van der Waals surface area contributed by atoms with Gasteiger partial charge in [-0.3, -0.25) is 0 Å². The van der Waals surface area contributed by atoms with Crippen LogP contribution in [0, 0.1) is 0 Å². The van der Waals surface area contributed by atoms with Crippen LogP contribution in [-0.4, -0.2) is 29.8 Å². The Labute approximate surface area is 112 Å². The van der Waals surface area contributed by atoms with Crippen molar-refractivity contribution >= 4 is 11.8 Å². The molecule has 1 fully saturated rings. The first-order valence-corrected chi connectivity index (χ1v) is 7.47. The van der Waals surface area contributed by atoms with Crippen molar-refractivity contribution in [1.29, 1.82) is 0 Å².